The lowest BCUT2D eigenvalue weighted by Crippen LogP contribution is -2.06. The Morgan fingerprint density at radius 2 is 1.16 bits per heavy atom. The molecule has 5 aromatic rings. The maximum Gasteiger partial charge on any atom is 0.231 e. The van der Waals surface area contributed by atoms with Crippen LogP contribution in [0.5, 0.6) is 23.0 Å². The first-order valence-corrected chi connectivity index (χ1v) is 10.5. The van der Waals surface area contributed by atoms with Crippen LogP contribution in [0.2, 0.25) is 0 Å². The van der Waals surface area contributed by atoms with Gasteiger partial charge in [0.1, 0.15) is 11.5 Å². The standard InChI is InChI=1S/C28H20O4/c29-22-12-9-17-5-1-3-7-20(17)27(22)26(19-11-14-24-25(15-19)32-16-31-24)28-21-8-4-2-6-18(21)10-13-23(28)30/h1-15,26,29-30H,16H2. The highest BCUT2D eigenvalue weighted by Gasteiger charge is 2.28. The van der Waals surface area contributed by atoms with Crippen molar-refractivity contribution in [3.63, 3.8) is 0 Å². The maximum absolute atomic E-state index is 11.1. The average molecular weight is 420 g/mol. The molecular weight excluding hydrogens is 400 g/mol. The number of benzene rings is 5. The Bertz CT molecular complexity index is 1400. The van der Waals surface area contributed by atoms with Crippen LogP contribution in [0, 0.1) is 0 Å². The van der Waals surface area contributed by atoms with Crippen LogP contribution < -0.4 is 9.47 Å². The van der Waals surface area contributed by atoms with Gasteiger partial charge in [-0.2, -0.15) is 0 Å². The smallest absolute Gasteiger partial charge is 0.231 e. The molecule has 4 nitrogen and oxygen atoms in total. The van der Waals surface area contributed by atoms with E-state index in [0.29, 0.717) is 11.5 Å². The van der Waals surface area contributed by atoms with E-state index in [4.69, 9.17) is 9.47 Å². The number of fused-ring (bicyclic) bond motifs is 3. The topological polar surface area (TPSA) is 58.9 Å². The molecule has 32 heavy (non-hydrogen) atoms. The molecule has 1 aliphatic heterocycles. The van der Waals surface area contributed by atoms with Crippen LogP contribution >= 0.6 is 0 Å². The summed E-state index contributed by atoms with van der Waals surface area (Å²) in [5, 5.41) is 26.1. The van der Waals surface area contributed by atoms with E-state index in [0.717, 1.165) is 38.2 Å². The van der Waals surface area contributed by atoms with E-state index >= 15 is 0 Å². The lowest BCUT2D eigenvalue weighted by Gasteiger charge is -2.24. The molecule has 1 heterocycles. The number of ether oxygens (including phenoxy) is 2. The zero-order chi connectivity index (χ0) is 21.7. The van der Waals surface area contributed by atoms with Crippen LogP contribution in [0.25, 0.3) is 21.5 Å². The number of aromatic hydroxyl groups is 2. The van der Waals surface area contributed by atoms with Crippen molar-refractivity contribution < 1.29 is 19.7 Å². The minimum absolute atomic E-state index is 0.179. The molecule has 4 heteroatoms. The molecule has 6 rings (SSSR count). The minimum Gasteiger partial charge on any atom is -0.508 e. The van der Waals surface area contributed by atoms with Gasteiger partial charge < -0.3 is 19.7 Å². The Kier molecular flexibility index (Phi) is 4.18. The summed E-state index contributed by atoms with van der Waals surface area (Å²) in [7, 11) is 0. The molecule has 2 N–H and O–H groups in total. The molecule has 0 amide bonds. The number of hydrogen-bond acceptors (Lipinski definition) is 4. The Labute approximate surface area is 184 Å². The number of phenolic OH excluding ortho intramolecular Hbond substituents is 2. The Morgan fingerprint density at radius 3 is 1.78 bits per heavy atom. The van der Waals surface area contributed by atoms with Gasteiger partial charge in [0.05, 0.1) is 0 Å². The van der Waals surface area contributed by atoms with Gasteiger partial charge in [-0.15, -0.1) is 0 Å². The highest BCUT2D eigenvalue weighted by Crippen LogP contribution is 2.48. The zero-order valence-corrected chi connectivity index (χ0v) is 17.2. The zero-order valence-electron chi connectivity index (χ0n) is 17.2. The minimum atomic E-state index is -0.429. The molecule has 0 aliphatic carbocycles. The molecule has 5 aromatic carbocycles. The average Bonchev–Trinajstić information content (AvgIpc) is 3.30. The van der Waals surface area contributed by atoms with Gasteiger partial charge in [-0.3, -0.25) is 0 Å². The van der Waals surface area contributed by atoms with E-state index in [9.17, 15) is 10.2 Å². The molecule has 0 bridgehead atoms. The molecule has 0 fully saturated rings. The molecule has 0 saturated heterocycles. The SMILES string of the molecule is Oc1ccc2ccccc2c1C(c1ccc2c(c1)OCO2)c1c(O)ccc2ccccc12. The van der Waals surface area contributed by atoms with E-state index in [1.807, 2.05) is 78.9 Å². The highest BCUT2D eigenvalue weighted by atomic mass is 16.7. The first-order valence-electron chi connectivity index (χ1n) is 10.5. The summed E-state index contributed by atoms with van der Waals surface area (Å²) < 4.78 is 11.2. The van der Waals surface area contributed by atoms with Crippen molar-refractivity contribution in [1.29, 1.82) is 0 Å². The third-order valence-corrected chi connectivity index (χ3v) is 6.20. The molecule has 0 radical (unpaired) electrons. The van der Waals surface area contributed by atoms with Gasteiger partial charge in [-0.05, 0) is 51.4 Å². The second-order valence-corrected chi connectivity index (χ2v) is 7.98. The first kappa shape index (κ1) is 18.6. The van der Waals surface area contributed by atoms with Gasteiger partial charge in [0, 0.05) is 17.0 Å². The van der Waals surface area contributed by atoms with Crippen LogP contribution in [0.15, 0.2) is 91.0 Å². The Morgan fingerprint density at radius 1 is 0.594 bits per heavy atom. The van der Waals surface area contributed by atoms with Crippen LogP contribution in [0.3, 0.4) is 0 Å². The quantitative estimate of drug-likeness (QED) is 0.336. The summed E-state index contributed by atoms with van der Waals surface area (Å²) in [6.45, 7) is 0.183. The van der Waals surface area contributed by atoms with Gasteiger partial charge in [-0.25, -0.2) is 0 Å². The van der Waals surface area contributed by atoms with Gasteiger partial charge in [0.15, 0.2) is 11.5 Å². The van der Waals surface area contributed by atoms with Crippen LogP contribution in [0.4, 0.5) is 0 Å². The van der Waals surface area contributed by atoms with Crippen molar-refractivity contribution in [2.24, 2.45) is 0 Å². The van der Waals surface area contributed by atoms with Crippen molar-refractivity contribution in [2.45, 2.75) is 5.92 Å². The number of phenols is 2. The fourth-order valence-corrected chi connectivity index (χ4v) is 4.75. The first-order chi connectivity index (χ1) is 15.7. The van der Waals surface area contributed by atoms with E-state index in [-0.39, 0.29) is 18.3 Å². The van der Waals surface area contributed by atoms with Crippen LogP contribution in [0.1, 0.15) is 22.6 Å². The van der Waals surface area contributed by atoms with E-state index in [1.165, 1.54) is 0 Å². The third-order valence-electron chi connectivity index (χ3n) is 6.20. The molecule has 1 aliphatic rings. The van der Waals surface area contributed by atoms with Gasteiger partial charge in [-0.1, -0.05) is 66.7 Å². The summed E-state index contributed by atoms with van der Waals surface area (Å²) in [6, 6.07) is 29.0. The molecule has 156 valence electrons. The largest absolute Gasteiger partial charge is 0.508 e. The van der Waals surface area contributed by atoms with Crippen molar-refractivity contribution >= 4 is 21.5 Å². The summed E-state index contributed by atoms with van der Waals surface area (Å²) in [6.07, 6.45) is 0. The van der Waals surface area contributed by atoms with Gasteiger partial charge in [0.25, 0.3) is 0 Å². The summed E-state index contributed by atoms with van der Waals surface area (Å²) in [5.41, 5.74) is 2.38. The van der Waals surface area contributed by atoms with Gasteiger partial charge in [0.2, 0.25) is 6.79 Å². The van der Waals surface area contributed by atoms with E-state index in [1.54, 1.807) is 12.1 Å². The maximum atomic E-state index is 11.1. The predicted molar refractivity (Wildman–Crippen MR) is 125 cm³/mol. The van der Waals surface area contributed by atoms with Gasteiger partial charge >= 0.3 is 0 Å². The summed E-state index contributed by atoms with van der Waals surface area (Å²) in [5.74, 6) is 1.28. The fourth-order valence-electron chi connectivity index (χ4n) is 4.75. The van der Waals surface area contributed by atoms with Crippen molar-refractivity contribution in [2.75, 3.05) is 6.79 Å². The Balaban J connectivity index is 1.73. The predicted octanol–water partition coefficient (Wildman–Crippen LogP) is 6.31. The van der Waals surface area contributed by atoms with Crippen LogP contribution in [-0.2, 0) is 0 Å². The van der Waals surface area contributed by atoms with E-state index in [2.05, 4.69) is 0 Å². The van der Waals surface area contributed by atoms with Crippen molar-refractivity contribution in [1.82, 2.24) is 0 Å². The second kappa shape index (κ2) is 7.20. The number of hydrogen-bond donors (Lipinski definition) is 2. The van der Waals surface area contributed by atoms with Crippen LogP contribution in [-0.4, -0.2) is 17.0 Å². The normalized spacial score (nSPS) is 12.7. The lowest BCUT2D eigenvalue weighted by atomic mass is 9.79. The summed E-state index contributed by atoms with van der Waals surface area (Å²) >= 11 is 0. The lowest BCUT2D eigenvalue weighted by molar-refractivity contribution is 0.174. The Hall–Kier alpha value is -4.18. The van der Waals surface area contributed by atoms with Crippen molar-refractivity contribution in [3.05, 3.63) is 108 Å². The molecular formula is C28H20O4. The summed E-state index contributed by atoms with van der Waals surface area (Å²) in [4.78, 5) is 0. The highest BCUT2D eigenvalue weighted by molar-refractivity contribution is 5.93. The monoisotopic (exact) mass is 420 g/mol. The molecule has 0 aromatic heterocycles. The van der Waals surface area contributed by atoms with Crippen molar-refractivity contribution in [3.8, 4) is 23.0 Å². The van der Waals surface area contributed by atoms with E-state index < -0.39 is 5.92 Å². The molecule has 0 unspecified atom stereocenters. The molecule has 0 saturated carbocycles. The fraction of sp³-hybridized carbons (Fsp3) is 0.0714. The number of rotatable bonds is 3. The second-order valence-electron chi connectivity index (χ2n) is 7.98. The molecule has 0 atom stereocenters. The third kappa shape index (κ3) is 2.84. The molecule has 0 spiro atoms.